The van der Waals surface area contributed by atoms with E-state index >= 15 is 0 Å². The number of hydrogen-bond donors (Lipinski definition) is 7. The van der Waals surface area contributed by atoms with Crippen molar-refractivity contribution < 1.29 is 43.9 Å². The molecule has 5 aliphatic heterocycles. The van der Waals surface area contributed by atoms with Gasteiger partial charge in [0.05, 0.1) is 31.5 Å². The highest BCUT2D eigenvalue weighted by Crippen LogP contribution is 2.47. The molecule has 4 saturated heterocycles. The van der Waals surface area contributed by atoms with E-state index in [1.165, 1.54) is 31.0 Å². The minimum Gasteiger partial charge on any atom is -0.503 e. The summed E-state index contributed by atoms with van der Waals surface area (Å²) < 4.78 is 1.20. The number of pyridine rings is 1. The molecular formula is C31H37N12O9S2+. The summed E-state index contributed by atoms with van der Waals surface area (Å²) in [5.41, 5.74) is 4.06. The van der Waals surface area contributed by atoms with Crippen molar-refractivity contribution in [3.8, 4) is 5.75 Å². The molecule has 21 nitrogen and oxygen atoms in total. The van der Waals surface area contributed by atoms with Crippen LogP contribution in [0, 0.1) is 5.41 Å². The van der Waals surface area contributed by atoms with Gasteiger partial charge in [0, 0.05) is 54.0 Å². The molecule has 286 valence electrons. The van der Waals surface area contributed by atoms with Gasteiger partial charge in [0.1, 0.15) is 29.3 Å². The number of carbonyl (C=O) groups is 4. The Bertz CT molecular complexity index is 2120. The largest absolute Gasteiger partial charge is 0.503 e. The Morgan fingerprint density at radius 2 is 1.94 bits per heavy atom. The predicted molar refractivity (Wildman–Crippen MR) is 190 cm³/mol. The second kappa shape index (κ2) is 13.7. The van der Waals surface area contributed by atoms with Gasteiger partial charge in [0.2, 0.25) is 11.0 Å². The molecule has 2 bridgehead atoms. The van der Waals surface area contributed by atoms with Crippen LogP contribution in [0.15, 0.2) is 33.2 Å². The predicted octanol–water partition coefficient (Wildman–Crippen LogP) is -0.831. The average molecular weight is 786 g/mol. The van der Waals surface area contributed by atoms with Gasteiger partial charge >= 0.3 is 5.97 Å². The molecule has 4 fully saturated rings. The molecule has 0 radical (unpaired) electrons. The zero-order valence-corrected chi connectivity index (χ0v) is 30.6. The van der Waals surface area contributed by atoms with Gasteiger partial charge in [-0.2, -0.15) is 4.73 Å². The maximum atomic E-state index is 13.8. The van der Waals surface area contributed by atoms with Crippen molar-refractivity contribution in [3.05, 3.63) is 50.7 Å². The number of tetrazole rings is 1. The number of thiazole rings is 1. The van der Waals surface area contributed by atoms with Crippen molar-refractivity contribution >= 4 is 63.3 Å². The van der Waals surface area contributed by atoms with E-state index in [-0.39, 0.29) is 27.6 Å². The summed E-state index contributed by atoms with van der Waals surface area (Å²) in [7, 11) is 0. The van der Waals surface area contributed by atoms with Crippen LogP contribution in [0.3, 0.4) is 0 Å². The molecule has 54 heavy (non-hydrogen) atoms. The number of carboxylic acid groups (broad SMARTS) is 1. The Balaban J connectivity index is 1.04. The number of nitrogens with zero attached hydrogens (tertiary/aromatic N) is 8. The number of aromatic amines is 1. The van der Waals surface area contributed by atoms with Crippen LogP contribution in [0.1, 0.15) is 55.1 Å². The van der Waals surface area contributed by atoms with Crippen LogP contribution in [0.2, 0.25) is 0 Å². The SMILES string of the molecule is CC(C)(O/N=C(\C(=O)N[C@@H]1C(=O)N2C(c3nnn[nH]3)=C(C[N+]34CCC(CNC(=O)c5cc(=O)c(O)cn5O)(CC3)CC4)CS[C@H]12)c1csc(N)n1)C(=O)O. The van der Waals surface area contributed by atoms with E-state index < -0.39 is 51.9 Å². The lowest BCUT2D eigenvalue weighted by atomic mass is 9.70. The number of fused-ring (bicyclic) bond motifs is 4. The number of rotatable bonds is 12. The molecule has 8 heterocycles. The van der Waals surface area contributed by atoms with Crippen molar-refractivity contribution in [1.82, 2.24) is 45.9 Å². The van der Waals surface area contributed by atoms with Crippen LogP contribution in [-0.2, 0) is 19.2 Å². The summed E-state index contributed by atoms with van der Waals surface area (Å²) in [5, 5.41) is 54.0. The van der Waals surface area contributed by atoms with E-state index in [4.69, 9.17) is 10.6 Å². The number of quaternary nitrogens is 1. The summed E-state index contributed by atoms with van der Waals surface area (Å²) in [5.74, 6) is -2.95. The van der Waals surface area contributed by atoms with Gasteiger partial charge in [-0.25, -0.2) is 14.9 Å². The number of aromatic nitrogens is 6. The maximum absolute atomic E-state index is 13.8. The Labute approximate surface area is 313 Å². The Morgan fingerprint density at radius 1 is 1.22 bits per heavy atom. The molecule has 2 atom stereocenters. The van der Waals surface area contributed by atoms with Crippen molar-refractivity contribution in [2.75, 3.05) is 44.2 Å². The lowest BCUT2D eigenvalue weighted by Gasteiger charge is -2.56. The average Bonchev–Trinajstić information content (AvgIpc) is 3.84. The standard InChI is InChI=1S/C31H36N12O9S2/c1-30(2,28(49)50)52-38-20(16-13-54-29(32)34-16)25(47)35-21-26(48)42-22(23-36-39-40-37-23)15(12-53-27(21)42)11-43-6-3-31(4-7-43,5-8-43)14-33-24(46)17-9-18(44)19(45)10-41(17)51/h9-10,13,21,27,51H,3-8,11-12,14H2,1-2H3,(H6-,32,33,34,35,36,37,39,40,45,46,47,49,50)/p+1/b38-20-/t21-,27-,31?,43?/m1/s1. The number of thioether (sulfide) groups is 1. The molecule has 0 spiro atoms. The number of nitrogen functional groups attached to an aromatic ring is 1. The van der Waals surface area contributed by atoms with E-state index in [0.717, 1.165) is 72.6 Å². The first kappa shape index (κ1) is 36.8. The molecule has 0 aliphatic carbocycles. The van der Waals surface area contributed by atoms with Crippen LogP contribution in [0.25, 0.3) is 5.70 Å². The third-order valence-corrected chi connectivity index (χ3v) is 12.5. The molecule has 0 aromatic carbocycles. The zero-order valence-electron chi connectivity index (χ0n) is 29.0. The van der Waals surface area contributed by atoms with Gasteiger partial charge in [-0.05, 0) is 24.3 Å². The number of oxime groups is 1. The molecule has 5 aliphatic rings. The second-order valence-electron chi connectivity index (χ2n) is 14.3. The lowest BCUT2D eigenvalue weighted by Crippen LogP contribution is -2.70. The summed E-state index contributed by atoms with van der Waals surface area (Å²) in [6.07, 6.45) is 3.23. The van der Waals surface area contributed by atoms with E-state index in [9.17, 15) is 39.4 Å². The van der Waals surface area contributed by atoms with Gasteiger partial charge in [0.15, 0.2) is 22.4 Å². The number of β-lactam (4-membered cyclic amide) rings is 1. The minimum atomic E-state index is -1.76. The smallest absolute Gasteiger partial charge is 0.350 e. The van der Waals surface area contributed by atoms with Crippen LogP contribution in [0.5, 0.6) is 5.75 Å². The number of hydrogen-bond acceptors (Lipinski definition) is 16. The van der Waals surface area contributed by atoms with Crippen LogP contribution in [-0.4, -0.2) is 140 Å². The van der Waals surface area contributed by atoms with Crippen molar-refractivity contribution in [3.63, 3.8) is 0 Å². The van der Waals surface area contributed by atoms with Gasteiger partial charge in [0.25, 0.3) is 17.7 Å². The third kappa shape index (κ3) is 6.72. The highest BCUT2D eigenvalue weighted by molar-refractivity contribution is 8.00. The Morgan fingerprint density at radius 3 is 2.57 bits per heavy atom. The Kier molecular flexibility index (Phi) is 9.33. The van der Waals surface area contributed by atoms with Gasteiger partial charge in [-0.15, -0.1) is 28.2 Å². The summed E-state index contributed by atoms with van der Waals surface area (Å²) >= 11 is 2.53. The lowest BCUT2D eigenvalue weighted by molar-refractivity contribution is -0.941. The number of piperidine rings is 3. The molecule has 0 unspecified atom stereocenters. The van der Waals surface area contributed by atoms with E-state index in [0.29, 0.717) is 35.1 Å². The molecule has 0 saturated carbocycles. The van der Waals surface area contributed by atoms with Gasteiger partial charge in [-0.1, -0.05) is 5.16 Å². The minimum absolute atomic E-state index is 0.0589. The fourth-order valence-corrected chi connectivity index (χ4v) is 9.07. The van der Waals surface area contributed by atoms with Crippen LogP contribution >= 0.6 is 23.1 Å². The molecule has 3 aromatic heterocycles. The number of nitrogens with one attached hydrogen (secondary N) is 3. The first-order valence-corrected chi connectivity index (χ1v) is 18.7. The number of H-pyrrole nitrogens is 1. The highest BCUT2D eigenvalue weighted by Gasteiger charge is 2.56. The number of nitrogens with two attached hydrogens (primary N) is 1. The number of carbonyl (C=O) groups excluding carboxylic acids is 3. The number of carboxylic acids is 1. The number of anilines is 1. The molecule has 3 aromatic rings. The summed E-state index contributed by atoms with van der Waals surface area (Å²) in [6.45, 7) is 5.97. The summed E-state index contributed by atoms with van der Waals surface area (Å²) in [4.78, 5) is 74.6. The topological polar surface area (TPSA) is 293 Å². The zero-order chi connectivity index (χ0) is 38.6. The van der Waals surface area contributed by atoms with E-state index in [2.05, 4.69) is 41.4 Å². The van der Waals surface area contributed by atoms with Gasteiger partial charge in [-0.3, -0.25) is 24.1 Å². The van der Waals surface area contributed by atoms with E-state index in [1.807, 2.05) is 0 Å². The number of aromatic hydroxyl groups is 1. The number of aliphatic carboxylic acids is 1. The third-order valence-electron chi connectivity index (χ3n) is 10.5. The molecular weight excluding hydrogens is 749 g/mol. The van der Waals surface area contributed by atoms with Crippen LogP contribution < -0.4 is 21.8 Å². The van der Waals surface area contributed by atoms with Crippen LogP contribution in [0.4, 0.5) is 5.13 Å². The molecule has 23 heteroatoms. The molecule has 3 amide bonds. The van der Waals surface area contributed by atoms with Gasteiger partial charge < -0.3 is 41.1 Å². The first-order valence-electron chi connectivity index (χ1n) is 16.8. The Hall–Kier alpha value is -5.55. The highest BCUT2D eigenvalue weighted by atomic mass is 32.2. The van der Waals surface area contributed by atoms with Crippen molar-refractivity contribution in [2.45, 2.75) is 50.1 Å². The van der Waals surface area contributed by atoms with E-state index in [1.54, 1.807) is 4.90 Å². The summed E-state index contributed by atoms with van der Waals surface area (Å²) in [6, 6.07) is -0.0723. The first-order chi connectivity index (χ1) is 25.6. The normalized spacial score (nSPS) is 25.2. The number of amides is 3. The second-order valence-corrected chi connectivity index (χ2v) is 16.3. The van der Waals surface area contributed by atoms with Crippen molar-refractivity contribution in [2.24, 2.45) is 10.6 Å². The van der Waals surface area contributed by atoms with Crippen molar-refractivity contribution in [1.29, 1.82) is 0 Å². The fourth-order valence-electron chi connectivity index (χ4n) is 7.18. The fraction of sp³-hybridized carbons (Fsp3) is 0.484. The maximum Gasteiger partial charge on any atom is 0.350 e. The molecule has 8 rings (SSSR count). The quantitative estimate of drug-likeness (QED) is 0.0388. The molecule has 8 N–H and O–H groups in total. The monoisotopic (exact) mass is 785 g/mol.